The summed E-state index contributed by atoms with van der Waals surface area (Å²) in [5.41, 5.74) is 1.49. The maximum Gasteiger partial charge on any atom is 0.0624 e. The van der Waals surface area contributed by atoms with Gasteiger partial charge in [-0.2, -0.15) is 5.26 Å². The minimum atomic E-state index is 0.209. The Balaban J connectivity index is 2.11. The van der Waals surface area contributed by atoms with E-state index in [1.54, 1.807) is 0 Å². The molecule has 96 valence electrons. The van der Waals surface area contributed by atoms with E-state index >= 15 is 0 Å². The molecule has 1 heterocycles. The van der Waals surface area contributed by atoms with Gasteiger partial charge < -0.3 is 4.90 Å². The summed E-state index contributed by atoms with van der Waals surface area (Å²) in [7, 11) is 0. The van der Waals surface area contributed by atoms with E-state index in [2.05, 4.69) is 65.0 Å². The van der Waals surface area contributed by atoms with Crippen LogP contribution < -0.4 is 4.90 Å². The molecule has 0 saturated carbocycles. The summed E-state index contributed by atoms with van der Waals surface area (Å²) >= 11 is 3.47. The van der Waals surface area contributed by atoms with Gasteiger partial charge in [0.15, 0.2) is 0 Å². The van der Waals surface area contributed by atoms with E-state index in [9.17, 15) is 0 Å². The van der Waals surface area contributed by atoms with E-state index in [1.165, 1.54) is 5.69 Å². The van der Waals surface area contributed by atoms with Crippen molar-refractivity contribution >= 4 is 21.6 Å². The molecule has 18 heavy (non-hydrogen) atoms. The van der Waals surface area contributed by atoms with Gasteiger partial charge in [-0.05, 0) is 42.0 Å². The SMILES string of the molecule is CC1(C)CN(c2ccc(Br)cc2)CCC1CC#N. The van der Waals surface area contributed by atoms with Gasteiger partial charge in [-0.25, -0.2) is 0 Å². The van der Waals surface area contributed by atoms with Crippen LogP contribution in [0.5, 0.6) is 0 Å². The second-order valence-electron chi connectivity index (χ2n) is 5.73. The molecule has 1 aliphatic rings. The highest BCUT2D eigenvalue weighted by Gasteiger charge is 2.35. The van der Waals surface area contributed by atoms with E-state index in [0.717, 1.165) is 24.0 Å². The van der Waals surface area contributed by atoms with Crippen molar-refractivity contribution < 1.29 is 0 Å². The Bertz CT molecular complexity index is 445. The minimum absolute atomic E-state index is 0.209. The van der Waals surface area contributed by atoms with E-state index in [-0.39, 0.29) is 5.41 Å². The normalized spacial score (nSPS) is 22.6. The molecule has 0 bridgehead atoms. The van der Waals surface area contributed by atoms with Gasteiger partial charge in [-0.3, -0.25) is 0 Å². The lowest BCUT2D eigenvalue weighted by Crippen LogP contribution is -2.45. The molecule has 2 rings (SSSR count). The van der Waals surface area contributed by atoms with Crippen LogP contribution in [0.2, 0.25) is 0 Å². The van der Waals surface area contributed by atoms with E-state index in [0.29, 0.717) is 12.3 Å². The molecule has 1 unspecified atom stereocenters. The molecule has 0 amide bonds. The lowest BCUT2D eigenvalue weighted by molar-refractivity contribution is 0.179. The number of anilines is 1. The Morgan fingerprint density at radius 1 is 1.39 bits per heavy atom. The lowest BCUT2D eigenvalue weighted by atomic mass is 9.72. The van der Waals surface area contributed by atoms with Crippen LogP contribution in [0.3, 0.4) is 0 Å². The quantitative estimate of drug-likeness (QED) is 0.818. The molecule has 1 fully saturated rings. The summed E-state index contributed by atoms with van der Waals surface area (Å²) in [5, 5.41) is 8.90. The highest BCUT2D eigenvalue weighted by Crippen LogP contribution is 2.38. The maximum absolute atomic E-state index is 8.90. The fourth-order valence-corrected chi connectivity index (χ4v) is 3.03. The van der Waals surface area contributed by atoms with Gasteiger partial charge in [0, 0.05) is 29.7 Å². The van der Waals surface area contributed by atoms with Crippen molar-refractivity contribution in [3.8, 4) is 6.07 Å². The number of rotatable bonds is 2. The van der Waals surface area contributed by atoms with Gasteiger partial charge in [-0.15, -0.1) is 0 Å². The van der Waals surface area contributed by atoms with Gasteiger partial charge >= 0.3 is 0 Å². The second kappa shape index (κ2) is 5.32. The summed E-state index contributed by atoms with van der Waals surface area (Å²) < 4.78 is 1.12. The van der Waals surface area contributed by atoms with Gasteiger partial charge in [0.05, 0.1) is 6.07 Å². The van der Waals surface area contributed by atoms with Crippen molar-refractivity contribution in [1.82, 2.24) is 0 Å². The zero-order valence-corrected chi connectivity index (χ0v) is 12.6. The predicted molar refractivity (Wildman–Crippen MR) is 78.5 cm³/mol. The van der Waals surface area contributed by atoms with Crippen LogP contribution in [0.4, 0.5) is 5.69 Å². The standard InChI is InChI=1S/C15H19BrN2/c1-15(2)11-18(10-8-12(15)7-9-17)14-5-3-13(16)4-6-14/h3-6,12H,7-8,10-11H2,1-2H3. The Morgan fingerprint density at radius 3 is 2.61 bits per heavy atom. The first-order valence-corrected chi connectivity index (χ1v) is 7.20. The highest BCUT2D eigenvalue weighted by molar-refractivity contribution is 9.10. The average molecular weight is 307 g/mol. The largest absolute Gasteiger partial charge is 0.371 e. The smallest absolute Gasteiger partial charge is 0.0624 e. The van der Waals surface area contributed by atoms with Gasteiger partial charge in [0.1, 0.15) is 0 Å². The maximum atomic E-state index is 8.90. The molecule has 1 aromatic carbocycles. The van der Waals surface area contributed by atoms with Crippen LogP contribution in [0, 0.1) is 22.7 Å². The first-order valence-electron chi connectivity index (χ1n) is 6.40. The van der Waals surface area contributed by atoms with Crippen LogP contribution in [-0.2, 0) is 0 Å². The summed E-state index contributed by atoms with van der Waals surface area (Å²) in [6, 6.07) is 10.8. The number of hydrogen-bond acceptors (Lipinski definition) is 2. The minimum Gasteiger partial charge on any atom is -0.371 e. The number of benzene rings is 1. The van der Waals surface area contributed by atoms with Crippen molar-refractivity contribution in [2.75, 3.05) is 18.0 Å². The van der Waals surface area contributed by atoms with E-state index in [4.69, 9.17) is 5.26 Å². The molecule has 0 N–H and O–H groups in total. The van der Waals surface area contributed by atoms with Gasteiger partial charge in [0.2, 0.25) is 0 Å². The number of hydrogen-bond donors (Lipinski definition) is 0. The van der Waals surface area contributed by atoms with Crippen molar-refractivity contribution in [3.63, 3.8) is 0 Å². The summed E-state index contributed by atoms with van der Waals surface area (Å²) in [6.45, 7) is 6.64. The molecule has 1 aromatic rings. The molecule has 0 radical (unpaired) electrons. The molecular weight excluding hydrogens is 288 g/mol. The van der Waals surface area contributed by atoms with Crippen molar-refractivity contribution in [2.45, 2.75) is 26.7 Å². The third-order valence-corrected chi connectivity index (χ3v) is 4.51. The fourth-order valence-electron chi connectivity index (χ4n) is 2.76. The number of nitrogens with zero attached hydrogens (tertiary/aromatic N) is 2. The Morgan fingerprint density at radius 2 is 2.06 bits per heavy atom. The zero-order chi connectivity index (χ0) is 13.2. The van der Waals surface area contributed by atoms with Crippen LogP contribution >= 0.6 is 15.9 Å². The first-order chi connectivity index (χ1) is 8.53. The van der Waals surface area contributed by atoms with Crippen molar-refractivity contribution in [1.29, 1.82) is 5.26 Å². The number of nitriles is 1. The monoisotopic (exact) mass is 306 g/mol. The third kappa shape index (κ3) is 2.87. The van der Waals surface area contributed by atoms with Gasteiger partial charge in [-0.1, -0.05) is 29.8 Å². The fraction of sp³-hybridized carbons (Fsp3) is 0.533. The van der Waals surface area contributed by atoms with E-state index in [1.807, 2.05) is 0 Å². The molecule has 0 spiro atoms. The molecule has 2 nitrogen and oxygen atoms in total. The van der Waals surface area contributed by atoms with Crippen LogP contribution in [0.25, 0.3) is 0 Å². The van der Waals surface area contributed by atoms with Crippen LogP contribution in [-0.4, -0.2) is 13.1 Å². The Hall–Kier alpha value is -1.01. The van der Waals surface area contributed by atoms with E-state index < -0.39 is 0 Å². The van der Waals surface area contributed by atoms with Crippen LogP contribution in [0.1, 0.15) is 26.7 Å². The summed E-state index contributed by atoms with van der Waals surface area (Å²) in [6.07, 6.45) is 1.79. The molecule has 0 aromatic heterocycles. The summed E-state index contributed by atoms with van der Waals surface area (Å²) in [5.74, 6) is 0.522. The highest BCUT2D eigenvalue weighted by atomic mass is 79.9. The molecule has 1 aliphatic heterocycles. The van der Waals surface area contributed by atoms with Crippen molar-refractivity contribution in [2.24, 2.45) is 11.3 Å². The van der Waals surface area contributed by atoms with Gasteiger partial charge in [0.25, 0.3) is 0 Å². The predicted octanol–water partition coefficient (Wildman–Crippen LogP) is 4.22. The molecular formula is C15H19BrN2. The molecule has 0 aliphatic carbocycles. The summed E-state index contributed by atoms with van der Waals surface area (Å²) in [4.78, 5) is 2.43. The first kappa shape index (κ1) is 13.4. The second-order valence-corrected chi connectivity index (χ2v) is 6.65. The Kier molecular flexibility index (Phi) is 3.97. The van der Waals surface area contributed by atoms with Crippen LogP contribution in [0.15, 0.2) is 28.7 Å². The lowest BCUT2D eigenvalue weighted by Gasteiger charge is -2.44. The molecule has 1 atom stereocenters. The number of piperidine rings is 1. The molecule has 3 heteroatoms. The topological polar surface area (TPSA) is 27.0 Å². The third-order valence-electron chi connectivity index (χ3n) is 3.98. The van der Waals surface area contributed by atoms with Crippen molar-refractivity contribution in [3.05, 3.63) is 28.7 Å². The average Bonchev–Trinajstić information content (AvgIpc) is 2.32. The number of halogens is 1. The molecule has 1 saturated heterocycles. The zero-order valence-electron chi connectivity index (χ0n) is 11.0. The Labute approximate surface area is 118 Å².